The van der Waals surface area contributed by atoms with Crippen molar-refractivity contribution in [3.63, 3.8) is 0 Å². The first-order valence-corrected chi connectivity index (χ1v) is 6.77. The third kappa shape index (κ3) is 2.61. The van der Waals surface area contributed by atoms with Crippen LogP contribution in [-0.2, 0) is 4.79 Å². The lowest BCUT2D eigenvalue weighted by Crippen LogP contribution is -2.43. The zero-order chi connectivity index (χ0) is 14.7. The van der Waals surface area contributed by atoms with Crippen molar-refractivity contribution in [3.8, 4) is 5.88 Å². The number of carbonyl (C=O) groups excluding carboxylic acids is 1. The fourth-order valence-corrected chi connectivity index (χ4v) is 2.43. The number of anilines is 2. The van der Waals surface area contributed by atoms with Gasteiger partial charge in [0.05, 0.1) is 6.61 Å². The molecule has 0 aliphatic carbocycles. The molecule has 0 bridgehead atoms. The number of hydrogen-bond acceptors (Lipinski definition) is 6. The number of rotatable bonds is 4. The molecule has 1 atom stereocenters. The Labute approximate surface area is 118 Å². The van der Waals surface area contributed by atoms with Gasteiger partial charge in [-0.05, 0) is 19.8 Å². The lowest BCUT2D eigenvalue weighted by atomic mass is 10.2. The van der Waals surface area contributed by atoms with Gasteiger partial charge in [0, 0.05) is 20.6 Å². The van der Waals surface area contributed by atoms with E-state index >= 15 is 0 Å². The van der Waals surface area contributed by atoms with Crippen LogP contribution in [0.4, 0.5) is 11.5 Å². The molecule has 7 heteroatoms. The Hall–Kier alpha value is -2.05. The lowest BCUT2D eigenvalue weighted by molar-refractivity contribution is -0.129. The number of ether oxygens (including phenoxy) is 1. The average Bonchev–Trinajstić information content (AvgIpc) is 2.89. The summed E-state index contributed by atoms with van der Waals surface area (Å²) in [6.07, 6.45) is 3.17. The first-order chi connectivity index (χ1) is 9.56. The van der Waals surface area contributed by atoms with Crippen molar-refractivity contribution in [2.75, 3.05) is 37.9 Å². The Morgan fingerprint density at radius 3 is 2.95 bits per heavy atom. The van der Waals surface area contributed by atoms with E-state index in [9.17, 15) is 4.79 Å². The summed E-state index contributed by atoms with van der Waals surface area (Å²) >= 11 is 0. The normalized spacial score (nSPS) is 18.1. The quantitative estimate of drug-likeness (QED) is 0.864. The first-order valence-electron chi connectivity index (χ1n) is 6.77. The second-order valence-electron chi connectivity index (χ2n) is 4.93. The van der Waals surface area contributed by atoms with Gasteiger partial charge < -0.3 is 20.3 Å². The van der Waals surface area contributed by atoms with Crippen LogP contribution in [0.2, 0.25) is 0 Å². The third-order valence-electron chi connectivity index (χ3n) is 3.36. The average molecular weight is 279 g/mol. The summed E-state index contributed by atoms with van der Waals surface area (Å²) in [5.41, 5.74) is 6.47. The largest absolute Gasteiger partial charge is 0.476 e. The van der Waals surface area contributed by atoms with E-state index in [-0.39, 0.29) is 11.9 Å². The van der Waals surface area contributed by atoms with E-state index in [1.807, 2.05) is 11.8 Å². The molecule has 0 saturated carbocycles. The van der Waals surface area contributed by atoms with Crippen molar-refractivity contribution in [3.05, 3.63) is 6.33 Å². The standard InChI is InChI=1S/C13H21N5O2/c1-4-20-12-10(14)11(15-8-16-12)18-7-5-6-9(18)13(19)17(2)3/h8-9H,4-7,14H2,1-3H3. The summed E-state index contributed by atoms with van der Waals surface area (Å²) in [5, 5.41) is 0. The Morgan fingerprint density at radius 2 is 2.30 bits per heavy atom. The van der Waals surface area contributed by atoms with Crippen molar-refractivity contribution in [1.82, 2.24) is 14.9 Å². The zero-order valence-electron chi connectivity index (χ0n) is 12.2. The van der Waals surface area contributed by atoms with Gasteiger partial charge in [-0.3, -0.25) is 4.79 Å². The fraction of sp³-hybridized carbons (Fsp3) is 0.615. The van der Waals surface area contributed by atoms with E-state index in [1.54, 1.807) is 19.0 Å². The van der Waals surface area contributed by atoms with Crippen LogP contribution in [0.5, 0.6) is 5.88 Å². The molecule has 2 heterocycles. The second-order valence-corrected chi connectivity index (χ2v) is 4.93. The smallest absolute Gasteiger partial charge is 0.244 e. The van der Waals surface area contributed by atoms with Crippen LogP contribution in [0.25, 0.3) is 0 Å². The predicted octanol–water partition coefficient (Wildman–Crippen LogP) is 0.514. The van der Waals surface area contributed by atoms with Gasteiger partial charge >= 0.3 is 0 Å². The van der Waals surface area contributed by atoms with Crippen molar-refractivity contribution in [2.45, 2.75) is 25.8 Å². The number of aromatic nitrogens is 2. The molecule has 1 aromatic heterocycles. The van der Waals surface area contributed by atoms with Crippen LogP contribution in [0.3, 0.4) is 0 Å². The fourth-order valence-electron chi connectivity index (χ4n) is 2.43. The molecule has 20 heavy (non-hydrogen) atoms. The highest BCUT2D eigenvalue weighted by Gasteiger charge is 2.34. The van der Waals surface area contributed by atoms with Crippen molar-refractivity contribution in [2.24, 2.45) is 0 Å². The molecular formula is C13H21N5O2. The Balaban J connectivity index is 2.30. The van der Waals surface area contributed by atoms with Crippen molar-refractivity contribution < 1.29 is 9.53 Å². The van der Waals surface area contributed by atoms with Crippen LogP contribution in [-0.4, -0.2) is 54.1 Å². The summed E-state index contributed by atoms with van der Waals surface area (Å²) < 4.78 is 5.38. The van der Waals surface area contributed by atoms with Gasteiger partial charge in [-0.15, -0.1) is 0 Å². The van der Waals surface area contributed by atoms with Gasteiger partial charge in [-0.2, -0.15) is 4.98 Å². The van der Waals surface area contributed by atoms with Gasteiger partial charge in [0.15, 0.2) is 5.82 Å². The number of amides is 1. The van der Waals surface area contributed by atoms with E-state index in [1.165, 1.54) is 6.33 Å². The highest BCUT2D eigenvalue weighted by Crippen LogP contribution is 2.33. The van der Waals surface area contributed by atoms with Gasteiger partial charge in [0.25, 0.3) is 0 Å². The molecule has 1 aliphatic rings. The van der Waals surface area contributed by atoms with E-state index in [0.717, 1.165) is 19.4 Å². The van der Waals surface area contributed by atoms with E-state index in [4.69, 9.17) is 10.5 Å². The number of nitrogens with two attached hydrogens (primary N) is 1. The van der Waals surface area contributed by atoms with Crippen LogP contribution in [0.1, 0.15) is 19.8 Å². The molecule has 1 aromatic rings. The molecule has 1 saturated heterocycles. The minimum absolute atomic E-state index is 0.0680. The molecule has 2 N–H and O–H groups in total. The second kappa shape index (κ2) is 5.94. The summed E-state index contributed by atoms with van der Waals surface area (Å²) in [7, 11) is 3.52. The zero-order valence-corrected chi connectivity index (χ0v) is 12.2. The van der Waals surface area contributed by atoms with Crippen LogP contribution in [0.15, 0.2) is 6.33 Å². The van der Waals surface area contributed by atoms with Crippen molar-refractivity contribution >= 4 is 17.4 Å². The number of hydrogen-bond donors (Lipinski definition) is 1. The van der Waals surface area contributed by atoms with Gasteiger partial charge in [0.1, 0.15) is 18.1 Å². The Kier molecular flexibility index (Phi) is 4.26. The van der Waals surface area contributed by atoms with E-state index < -0.39 is 0 Å². The number of carbonyl (C=O) groups is 1. The van der Waals surface area contributed by atoms with Gasteiger partial charge in [-0.25, -0.2) is 4.98 Å². The molecule has 0 spiro atoms. The van der Waals surface area contributed by atoms with Gasteiger partial charge in [0.2, 0.25) is 11.8 Å². The number of likely N-dealkylation sites (N-methyl/N-ethyl adjacent to an activating group) is 1. The van der Waals surface area contributed by atoms with E-state index in [2.05, 4.69) is 9.97 Å². The predicted molar refractivity (Wildman–Crippen MR) is 76.7 cm³/mol. The molecular weight excluding hydrogens is 258 g/mol. The molecule has 7 nitrogen and oxygen atoms in total. The van der Waals surface area contributed by atoms with Crippen molar-refractivity contribution in [1.29, 1.82) is 0 Å². The molecule has 0 aromatic carbocycles. The number of nitrogen functional groups attached to an aromatic ring is 1. The third-order valence-corrected chi connectivity index (χ3v) is 3.36. The summed E-state index contributed by atoms with van der Waals surface area (Å²) in [6, 6.07) is -0.211. The Morgan fingerprint density at radius 1 is 1.55 bits per heavy atom. The maximum absolute atomic E-state index is 12.2. The topological polar surface area (TPSA) is 84.6 Å². The minimum atomic E-state index is -0.211. The number of nitrogens with zero attached hydrogens (tertiary/aromatic N) is 4. The van der Waals surface area contributed by atoms with Gasteiger partial charge in [-0.1, -0.05) is 0 Å². The van der Waals surface area contributed by atoms with E-state index in [0.29, 0.717) is 24.0 Å². The molecule has 2 rings (SSSR count). The van der Waals surface area contributed by atoms with Crippen LogP contribution < -0.4 is 15.4 Å². The molecule has 1 aliphatic heterocycles. The molecule has 1 amide bonds. The van der Waals surface area contributed by atoms with Crippen LogP contribution in [0, 0.1) is 0 Å². The molecule has 1 unspecified atom stereocenters. The molecule has 0 radical (unpaired) electrons. The summed E-state index contributed by atoms with van der Waals surface area (Å²) in [4.78, 5) is 24.0. The first kappa shape index (κ1) is 14.4. The highest BCUT2D eigenvalue weighted by molar-refractivity contribution is 5.86. The molecule has 110 valence electrons. The highest BCUT2D eigenvalue weighted by atomic mass is 16.5. The Bertz CT molecular complexity index is 492. The maximum Gasteiger partial charge on any atom is 0.244 e. The minimum Gasteiger partial charge on any atom is -0.476 e. The lowest BCUT2D eigenvalue weighted by Gasteiger charge is -2.28. The monoisotopic (exact) mass is 279 g/mol. The maximum atomic E-state index is 12.2. The summed E-state index contributed by atoms with van der Waals surface area (Å²) in [6.45, 7) is 3.12. The molecule has 1 fully saturated rings. The summed E-state index contributed by atoms with van der Waals surface area (Å²) in [5.74, 6) is 1.03. The SMILES string of the molecule is CCOc1ncnc(N2CCCC2C(=O)N(C)C)c1N. The van der Waals surface area contributed by atoms with Crippen LogP contribution >= 0.6 is 0 Å².